The summed E-state index contributed by atoms with van der Waals surface area (Å²) in [6, 6.07) is 14.0. The van der Waals surface area contributed by atoms with Gasteiger partial charge in [0.05, 0.1) is 29.0 Å². The number of pyridine rings is 1. The Hall–Kier alpha value is -2.99. The molecule has 1 fully saturated rings. The minimum atomic E-state index is -3.70. The Morgan fingerprint density at radius 1 is 1.00 bits per heavy atom. The summed E-state index contributed by atoms with van der Waals surface area (Å²) in [6.45, 7) is 3.34. The fraction of sp³-hybridized carbons (Fsp3) is 0.273. The third kappa shape index (κ3) is 4.08. The summed E-state index contributed by atoms with van der Waals surface area (Å²) in [5, 5.41) is 3.88. The Labute approximate surface area is 195 Å². The number of carbonyl (C=O) groups excluding carboxylic acids is 1. The first-order chi connectivity index (χ1) is 15.9. The van der Waals surface area contributed by atoms with Crippen LogP contribution in [-0.2, 0) is 14.8 Å². The number of nitrogens with zero attached hydrogens (tertiary/aromatic N) is 5. The summed E-state index contributed by atoms with van der Waals surface area (Å²) in [5.74, 6) is -0.138. The van der Waals surface area contributed by atoms with Crippen LogP contribution in [0.5, 0.6) is 0 Å². The van der Waals surface area contributed by atoms with Crippen molar-refractivity contribution in [3.8, 4) is 0 Å². The quantitative estimate of drug-likeness (QED) is 0.466. The maximum atomic E-state index is 13.2. The summed E-state index contributed by atoms with van der Waals surface area (Å²) >= 11 is 0.999. The van der Waals surface area contributed by atoms with Gasteiger partial charge in [-0.15, -0.1) is 0 Å². The summed E-state index contributed by atoms with van der Waals surface area (Å²) < 4.78 is 36.2. The van der Waals surface area contributed by atoms with E-state index in [0.717, 1.165) is 22.6 Å². The number of rotatable bonds is 5. The molecule has 4 aromatic rings. The first kappa shape index (κ1) is 21.8. The number of fused-ring (bicyclic) bond motifs is 2. The number of piperazine rings is 1. The van der Waals surface area contributed by atoms with Crippen molar-refractivity contribution >= 4 is 55.3 Å². The Bertz CT molecular complexity index is 1430. The van der Waals surface area contributed by atoms with Gasteiger partial charge in [0, 0.05) is 37.8 Å². The fourth-order valence-electron chi connectivity index (χ4n) is 4.08. The van der Waals surface area contributed by atoms with E-state index >= 15 is 0 Å². The largest absolute Gasteiger partial charge is 0.324 e. The van der Waals surface area contributed by atoms with Gasteiger partial charge in [-0.2, -0.15) is 13.1 Å². The predicted octanol–water partition coefficient (Wildman–Crippen LogP) is 2.57. The number of amides is 1. The van der Waals surface area contributed by atoms with E-state index in [4.69, 9.17) is 0 Å². The van der Waals surface area contributed by atoms with Gasteiger partial charge in [-0.05, 0) is 43.3 Å². The molecule has 1 N–H and O–H groups in total. The minimum absolute atomic E-state index is 0.138. The molecule has 0 bridgehead atoms. The van der Waals surface area contributed by atoms with Gasteiger partial charge in [-0.25, -0.2) is 8.42 Å². The SMILES string of the molecule is CC(C(=O)Nc1cccc2ncccc12)N1CCN(S(=O)(=O)c2cccc3nsnc23)CC1. The summed E-state index contributed by atoms with van der Waals surface area (Å²) in [6.07, 6.45) is 1.72. The molecule has 11 heteroatoms. The van der Waals surface area contributed by atoms with Crippen LogP contribution in [0.15, 0.2) is 59.6 Å². The molecule has 170 valence electrons. The van der Waals surface area contributed by atoms with E-state index in [-0.39, 0.29) is 10.8 Å². The third-order valence-electron chi connectivity index (χ3n) is 5.97. The molecule has 5 rings (SSSR count). The molecule has 0 radical (unpaired) electrons. The Morgan fingerprint density at radius 3 is 2.58 bits per heavy atom. The van der Waals surface area contributed by atoms with E-state index in [1.54, 1.807) is 24.4 Å². The number of nitrogens with one attached hydrogen (secondary N) is 1. The van der Waals surface area contributed by atoms with Gasteiger partial charge < -0.3 is 5.32 Å². The second-order valence-corrected chi connectivity index (χ2v) is 10.3. The number of benzene rings is 2. The number of hydrogen-bond acceptors (Lipinski definition) is 8. The average molecular weight is 483 g/mol. The summed E-state index contributed by atoms with van der Waals surface area (Å²) in [5.41, 5.74) is 2.51. The Balaban J connectivity index is 1.27. The topological polar surface area (TPSA) is 108 Å². The third-order valence-corrected chi connectivity index (χ3v) is 8.44. The highest BCUT2D eigenvalue weighted by atomic mass is 32.2. The highest BCUT2D eigenvalue weighted by Crippen LogP contribution is 2.26. The van der Waals surface area contributed by atoms with Crippen LogP contribution in [-0.4, -0.2) is 69.5 Å². The van der Waals surface area contributed by atoms with E-state index < -0.39 is 16.1 Å². The van der Waals surface area contributed by atoms with Gasteiger partial charge in [0.15, 0.2) is 0 Å². The Kier molecular flexibility index (Phi) is 5.79. The molecule has 0 aliphatic carbocycles. The molecule has 0 spiro atoms. The van der Waals surface area contributed by atoms with E-state index in [9.17, 15) is 13.2 Å². The lowest BCUT2D eigenvalue weighted by atomic mass is 10.1. The van der Waals surface area contributed by atoms with E-state index in [1.165, 1.54) is 4.31 Å². The lowest BCUT2D eigenvalue weighted by Crippen LogP contribution is -2.53. The highest BCUT2D eigenvalue weighted by Gasteiger charge is 2.33. The van der Waals surface area contributed by atoms with Crippen LogP contribution in [0.25, 0.3) is 21.9 Å². The smallest absolute Gasteiger partial charge is 0.245 e. The zero-order valence-electron chi connectivity index (χ0n) is 17.9. The van der Waals surface area contributed by atoms with Crippen molar-refractivity contribution in [2.45, 2.75) is 17.9 Å². The Morgan fingerprint density at radius 2 is 1.76 bits per heavy atom. The van der Waals surface area contributed by atoms with Gasteiger partial charge >= 0.3 is 0 Å². The summed E-state index contributed by atoms with van der Waals surface area (Å²) in [4.78, 5) is 19.5. The molecule has 1 saturated heterocycles. The highest BCUT2D eigenvalue weighted by molar-refractivity contribution is 7.89. The van der Waals surface area contributed by atoms with Crippen molar-refractivity contribution in [1.82, 2.24) is 22.9 Å². The van der Waals surface area contributed by atoms with Gasteiger partial charge in [0.2, 0.25) is 15.9 Å². The van der Waals surface area contributed by atoms with Gasteiger partial charge in [0.25, 0.3) is 0 Å². The average Bonchev–Trinajstić information content (AvgIpc) is 3.33. The first-order valence-electron chi connectivity index (χ1n) is 10.6. The molecule has 3 heterocycles. The molecule has 1 aliphatic heterocycles. The summed E-state index contributed by atoms with van der Waals surface area (Å²) in [7, 11) is -3.70. The van der Waals surface area contributed by atoms with Crippen LogP contribution < -0.4 is 5.32 Å². The normalized spacial score (nSPS) is 16.8. The van der Waals surface area contributed by atoms with Crippen molar-refractivity contribution in [2.24, 2.45) is 0 Å². The van der Waals surface area contributed by atoms with Crippen LogP contribution in [0, 0.1) is 0 Å². The van der Waals surface area contributed by atoms with Crippen molar-refractivity contribution in [3.63, 3.8) is 0 Å². The molecular weight excluding hydrogens is 460 g/mol. The zero-order valence-corrected chi connectivity index (χ0v) is 19.5. The minimum Gasteiger partial charge on any atom is -0.324 e. The van der Waals surface area contributed by atoms with Crippen LogP contribution in [0.1, 0.15) is 6.92 Å². The van der Waals surface area contributed by atoms with E-state index in [1.807, 2.05) is 42.2 Å². The maximum Gasteiger partial charge on any atom is 0.245 e. The molecule has 1 unspecified atom stereocenters. The monoisotopic (exact) mass is 482 g/mol. The second-order valence-electron chi connectivity index (χ2n) is 7.87. The molecule has 1 amide bonds. The van der Waals surface area contributed by atoms with Crippen molar-refractivity contribution in [3.05, 3.63) is 54.7 Å². The van der Waals surface area contributed by atoms with Crippen molar-refractivity contribution in [1.29, 1.82) is 0 Å². The number of aromatic nitrogens is 3. The van der Waals surface area contributed by atoms with Gasteiger partial charge in [0.1, 0.15) is 15.9 Å². The molecular formula is C22H22N6O3S2. The number of anilines is 1. The van der Waals surface area contributed by atoms with Crippen LogP contribution in [0.2, 0.25) is 0 Å². The fourth-order valence-corrected chi connectivity index (χ4v) is 6.25. The van der Waals surface area contributed by atoms with Crippen molar-refractivity contribution in [2.75, 3.05) is 31.5 Å². The molecule has 1 aliphatic rings. The van der Waals surface area contributed by atoms with Crippen LogP contribution in [0.4, 0.5) is 5.69 Å². The van der Waals surface area contributed by atoms with Gasteiger partial charge in [-0.3, -0.25) is 14.7 Å². The molecule has 0 saturated carbocycles. The maximum absolute atomic E-state index is 13.2. The van der Waals surface area contributed by atoms with Crippen LogP contribution in [0.3, 0.4) is 0 Å². The number of carbonyl (C=O) groups is 1. The van der Waals surface area contributed by atoms with Gasteiger partial charge in [-0.1, -0.05) is 12.1 Å². The molecule has 9 nitrogen and oxygen atoms in total. The zero-order chi connectivity index (χ0) is 23.0. The molecule has 33 heavy (non-hydrogen) atoms. The van der Waals surface area contributed by atoms with E-state index in [2.05, 4.69) is 19.0 Å². The lowest BCUT2D eigenvalue weighted by molar-refractivity contribution is -0.121. The number of hydrogen-bond donors (Lipinski definition) is 1. The lowest BCUT2D eigenvalue weighted by Gasteiger charge is -2.36. The molecule has 2 aromatic heterocycles. The molecule has 1 atom stereocenters. The number of sulfonamides is 1. The van der Waals surface area contributed by atoms with Crippen LogP contribution >= 0.6 is 11.7 Å². The van der Waals surface area contributed by atoms with E-state index in [0.29, 0.717) is 42.9 Å². The predicted molar refractivity (Wildman–Crippen MR) is 128 cm³/mol. The first-order valence-corrected chi connectivity index (χ1v) is 12.7. The standard InChI is InChI=1S/C22H22N6O3S2/c1-15(22(29)24-18-7-2-6-17-16(18)5-4-10-23-17)27-11-13-28(14-12-27)33(30,31)20-9-3-8-19-21(20)26-32-25-19/h2-10,15H,11-14H2,1H3,(H,24,29). The molecule has 2 aromatic carbocycles. The second kappa shape index (κ2) is 8.75. The van der Waals surface area contributed by atoms with Crippen molar-refractivity contribution < 1.29 is 13.2 Å².